The molecule has 25 heavy (non-hydrogen) atoms. The van der Waals surface area contributed by atoms with Crippen LogP contribution in [0.1, 0.15) is 0 Å². The third kappa shape index (κ3) is 2.97. The fourth-order valence-corrected chi connectivity index (χ4v) is 4.71. The van der Waals surface area contributed by atoms with E-state index in [1.807, 2.05) is 0 Å². The molecule has 0 spiro atoms. The summed E-state index contributed by atoms with van der Waals surface area (Å²) in [4.78, 5) is 4.20. The Morgan fingerprint density at radius 3 is 2.16 bits per heavy atom. The molecule has 1 heterocycles. The fourth-order valence-electron chi connectivity index (χ4n) is 2.77. The van der Waals surface area contributed by atoms with Crippen molar-refractivity contribution in [3.8, 4) is 0 Å². The van der Waals surface area contributed by atoms with Gasteiger partial charge in [0.25, 0.3) is 0 Å². The Labute approximate surface area is 169 Å². The number of amidine groups is 1. The van der Waals surface area contributed by atoms with Gasteiger partial charge in [-0.05, 0) is 56.1 Å². The van der Waals surface area contributed by atoms with Gasteiger partial charge in [-0.25, -0.2) is 8.78 Å². The van der Waals surface area contributed by atoms with Crippen LogP contribution in [0, 0.1) is 11.6 Å². The van der Waals surface area contributed by atoms with E-state index in [0.717, 1.165) is 6.07 Å². The van der Waals surface area contributed by atoms with Crippen molar-refractivity contribution in [1.82, 2.24) is 4.48 Å². The number of aliphatic hydroxyl groups is 1. The average molecular weight is 514 g/mol. The van der Waals surface area contributed by atoms with Crippen LogP contribution in [0.2, 0.25) is 5.02 Å². The van der Waals surface area contributed by atoms with E-state index in [-0.39, 0.29) is 10.3 Å². The Morgan fingerprint density at radius 1 is 1.00 bits per heavy atom. The highest BCUT2D eigenvalue weighted by molar-refractivity contribution is 9.11. The molecule has 0 bridgehead atoms. The second-order valence-electron chi connectivity index (χ2n) is 5.14. The van der Waals surface area contributed by atoms with Gasteiger partial charge in [-0.2, -0.15) is 9.48 Å². The first-order chi connectivity index (χ1) is 11.8. The summed E-state index contributed by atoms with van der Waals surface area (Å²) in [6.07, 6.45) is 0. The van der Waals surface area contributed by atoms with Gasteiger partial charge in [-0.15, -0.1) is 0 Å². The molecule has 0 aromatic heterocycles. The lowest BCUT2D eigenvalue weighted by Crippen LogP contribution is -2.46. The summed E-state index contributed by atoms with van der Waals surface area (Å²) in [6.45, 7) is -0.419. The Kier molecular flexibility index (Phi) is 5.35. The van der Waals surface area contributed by atoms with Crippen molar-refractivity contribution in [2.75, 3.05) is 6.61 Å². The van der Waals surface area contributed by atoms with Crippen molar-refractivity contribution in [3.05, 3.63) is 67.8 Å². The van der Waals surface area contributed by atoms with Crippen molar-refractivity contribution < 1.29 is 13.9 Å². The summed E-state index contributed by atoms with van der Waals surface area (Å²) in [5, 5.41) is 10.1. The van der Waals surface area contributed by atoms with Crippen molar-refractivity contribution in [1.29, 1.82) is 0 Å². The van der Waals surface area contributed by atoms with Crippen LogP contribution in [-0.4, -0.2) is 17.0 Å². The van der Waals surface area contributed by atoms with E-state index in [0.29, 0.717) is 26.2 Å². The monoisotopic (exact) mass is 511 g/mol. The van der Waals surface area contributed by atoms with Crippen LogP contribution in [-0.2, 0) is 0 Å². The van der Waals surface area contributed by atoms with Crippen LogP contribution in [0.3, 0.4) is 0 Å². The second-order valence-corrected chi connectivity index (χ2v) is 7.49. The summed E-state index contributed by atoms with van der Waals surface area (Å²) in [6, 6.07) is 7.83. The highest BCUT2D eigenvalue weighted by Gasteiger charge is 2.51. The van der Waals surface area contributed by atoms with Crippen molar-refractivity contribution in [2.24, 2.45) is 4.99 Å². The first-order valence-corrected chi connectivity index (χ1v) is 9.21. The van der Waals surface area contributed by atoms with Crippen LogP contribution in [0.4, 0.5) is 20.2 Å². The molecule has 1 aliphatic heterocycles. The molecule has 0 amide bonds. The van der Waals surface area contributed by atoms with Gasteiger partial charge in [-0.1, -0.05) is 11.6 Å². The lowest BCUT2D eigenvalue weighted by atomic mass is 10.1. The van der Waals surface area contributed by atoms with E-state index < -0.39 is 22.7 Å². The molecule has 130 valence electrons. The van der Waals surface area contributed by atoms with Crippen LogP contribution < -0.4 is 4.48 Å². The molecule has 1 unspecified atom stereocenters. The number of aliphatic hydroxyl groups excluding tert-OH is 1. The van der Waals surface area contributed by atoms with Crippen LogP contribution >= 0.6 is 55.1 Å². The van der Waals surface area contributed by atoms with Gasteiger partial charge in [0, 0.05) is 23.7 Å². The largest absolute Gasteiger partial charge is 0.386 e. The standard InChI is InChI=1S/C16H9Br2Cl2F2N2O/c17-10-5-8(21)1-3-12(10)24(13-4-2-9(22)6-11(13)19)14(7-25)15(18)23-16(24)20/h1-6,25H,7H2/q+1. The molecule has 3 rings (SSSR count). The molecular weight excluding hydrogens is 505 g/mol. The van der Waals surface area contributed by atoms with Crippen LogP contribution in [0.25, 0.3) is 0 Å². The Hall–Kier alpha value is -0.830. The number of benzene rings is 2. The maximum absolute atomic E-state index is 13.6. The topological polar surface area (TPSA) is 32.6 Å². The van der Waals surface area contributed by atoms with Crippen molar-refractivity contribution >= 4 is 71.7 Å². The summed E-state index contributed by atoms with van der Waals surface area (Å²) in [7, 11) is 0. The van der Waals surface area contributed by atoms with E-state index in [1.54, 1.807) is 0 Å². The molecule has 1 N–H and O–H groups in total. The summed E-state index contributed by atoms with van der Waals surface area (Å²) < 4.78 is 27.5. The van der Waals surface area contributed by atoms with E-state index in [4.69, 9.17) is 23.2 Å². The quantitative estimate of drug-likeness (QED) is 0.385. The lowest BCUT2D eigenvalue weighted by Gasteiger charge is -2.34. The summed E-state index contributed by atoms with van der Waals surface area (Å²) >= 11 is 19.4. The molecule has 1 aliphatic rings. The third-order valence-electron chi connectivity index (χ3n) is 3.80. The van der Waals surface area contributed by atoms with Crippen LogP contribution in [0.15, 0.2) is 56.2 Å². The zero-order chi connectivity index (χ0) is 18.4. The van der Waals surface area contributed by atoms with Gasteiger partial charge >= 0.3 is 5.29 Å². The van der Waals surface area contributed by atoms with Crippen LogP contribution in [0.5, 0.6) is 0 Å². The molecule has 2 aromatic rings. The minimum atomic E-state index is -0.522. The lowest BCUT2D eigenvalue weighted by molar-refractivity contribution is 0.311. The first kappa shape index (κ1) is 18.9. The number of halogens is 6. The number of hydrogen-bond donors (Lipinski definition) is 1. The van der Waals surface area contributed by atoms with Gasteiger partial charge in [0.2, 0.25) is 0 Å². The smallest absolute Gasteiger partial charge is 0.316 e. The molecule has 2 aromatic carbocycles. The van der Waals surface area contributed by atoms with Gasteiger partial charge in [0.05, 0.1) is 4.47 Å². The predicted molar refractivity (Wildman–Crippen MR) is 103 cm³/mol. The number of hydrogen-bond acceptors (Lipinski definition) is 2. The molecule has 0 aliphatic carbocycles. The SMILES string of the molecule is OCC1=C(Br)N=C(Cl)[N+]1(c1ccc(F)cc1Cl)c1ccc(F)cc1Br. The Balaban J connectivity index is 2.44. The first-order valence-electron chi connectivity index (χ1n) is 6.87. The van der Waals surface area contributed by atoms with E-state index in [2.05, 4.69) is 36.9 Å². The number of rotatable bonds is 3. The molecule has 9 heteroatoms. The zero-order valence-corrected chi connectivity index (χ0v) is 17.0. The molecule has 0 radical (unpaired) electrons. The number of aliphatic imine (C=N–C) groups is 1. The number of nitrogens with zero attached hydrogens (tertiary/aromatic N) is 2. The fraction of sp³-hybridized carbons (Fsp3) is 0.0625. The van der Waals surface area contributed by atoms with Gasteiger partial charge in [0.1, 0.15) is 23.3 Å². The maximum atomic E-state index is 13.6. The van der Waals surface area contributed by atoms with Gasteiger partial charge in [-0.3, -0.25) is 0 Å². The minimum absolute atomic E-state index is 0.0386. The summed E-state index contributed by atoms with van der Waals surface area (Å²) in [5.41, 5.74) is 1.18. The Morgan fingerprint density at radius 2 is 1.60 bits per heavy atom. The molecule has 3 nitrogen and oxygen atoms in total. The van der Waals surface area contributed by atoms with Gasteiger partial charge < -0.3 is 5.11 Å². The third-order valence-corrected chi connectivity index (χ3v) is 5.71. The van der Waals surface area contributed by atoms with Crippen molar-refractivity contribution in [2.45, 2.75) is 0 Å². The Bertz CT molecular complexity index is 883. The molecule has 0 fully saturated rings. The molecule has 0 saturated carbocycles. The average Bonchev–Trinajstić information content (AvgIpc) is 2.78. The highest BCUT2D eigenvalue weighted by atomic mass is 79.9. The minimum Gasteiger partial charge on any atom is -0.386 e. The highest BCUT2D eigenvalue weighted by Crippen LogP contribution is 2.51. The number of quaternary nitrogens is 1. The predicted octanol–water partition coefficient (Wildman–Crippen LogP) is 6.18. The summed E-state index contributed by atoms with van der Waals surface area (Å²) in [5.74, 6) is -0.981. The molecular formula is C16H9Br2Cl2F2N2O+. The van der Waals surface area contributed by atoms with Crippen molar-refractivity contribution in [3.63, 3.8) is 0 Å². The van der Waals surface area contributed by atoms with E-state index in [1.165, 1.54) is 30.3 Å². The normalized spacial score (nSPS) is 20.2. The van der Waals surface area contributed by atoms with E-state index >= 15 is 0 Å². The van der Waals surface area contributed by atoms with Gasteiger partial charge in [0.15, 0.2) is 21.7 Å². The maximum Gasteiger partial charge on any atom is 0.316 e. The zero-order valence-electron chi connectivity index (χ0n) is 12.3. The molecule has 1 atom stereocenters. The second kappa shape index (κ2) is 7.06. The van der Waals surface area contributed by atoms with E-state index in [9.17, 15) is 13.9 Å². The molecule has 0 saturated heterocycles.